The van der Waals surface area contributed by atoms with Gasteiger partial charge in [0.15, 0.2) is 0 Å². The van der Waals surface area contributed by atoms with Crippen molar-refractivity contribution in [3.8, 4) is 11.6 Å². The van der Waals surface area contributed by atoms with Crippen LogP contribution < -0.4 is 10.1 Å². The third-order valence-corrected chi connectivity index (χ3v) is 3.37. The Hall–Kier alpha value is -1.58. The van der Waals surface area contributed by atoms with Gasteiger partial charge in [0.1, 0.15) is 10.8 Å². The van der Waals surface area contributed by atoms with Crippen molar-refractivity contribution < 1.29 is 4.74 Å². The number of ether oxygens (including phenoxy) is 1. The smallest absolute Gasteiger partial charge is 0.238 e. The molecule has 2 aromatic rings. The van der Waals surface area contributed by atoms with E-state index in [0.717, 1.165) is 24.3 Å². The number of nitrogens with zero attached hydrogens (tertiary/aromatic N) is 1. The van der Waals surface area contributed by atoms with E-state index in [1.165, 1.54) is 5.56 Å². The van der Waals surface area contributed by atoms with Crippen LogP contribution in [-0.2, 0) is 13.0 Å². The number of pyridine rings is 1. The van der Waals surface area contributed by atoms with Crippen LogP contribution in [0.1, 0.15) is 31.9 Å². The molecule has 0 saturated heterocycles. The van der Waals surface area contributed by atoms with E-state index in [0.29, 0.717) is 16.9 Å². The highest BCUT2D eigenvalue weighted by atomic mass is 35.5. The van der Waals surface area contributed by atoms with Gasteiger partial charge in [-0.25, -0.2) is 4.98 Å². The molecule has 0 amide bonds. The molecule has 112 valence electrons. The molecule has 0 atom stereocenters. The van der Waals surface area contributed by atoms with Crippen LogP contribution >= 0.6 is 11.6 Å². The summed E-state index contributed by atoms with van der Waals surface area (Å²) in [7, 11) is 0. The van der Waals surface area contributed by atoms with Gasteiger partial charge in [0.05, 0.1) is 0 Å². The van der Waals surface area contributed by atoms with Crippen molar-refractivity contribution in [2.75, 3.05) is 0 Å². The van der Waals surface area contributed by atoms with Crippen LogP contribution in [0.2, 0.25) is 5.02 Å². The first-order valence-electron chi connectivity index (χ1n) is 7.23. The summed E-state index contributed by atoms with van der Waals surface area (Å²) in [5.74, 6) is 1.20. The van der Waals surface area contributed by atoms with Gasteiger partial charge in [-0.2, -0.15) is 0 Å². The first kappa shape index (κ1) is 15.8. The molecule has 4 heteroatoms. The first-order chi connectivity index (χ1) is 10.1. The van der Waals surface area contributed by atoms with E-state index in [2.05, 4.69) is 37.1 Å². The molecular formula is C17H21ClN2O. The highest BCUT2D eigenvalue weighted by Gasteiger charge is 2.07. The van der Waals surface area contributed by atoms with Crippen molar-refractivity contribution in [1.82, 2.24) is 10.3 Å². The molecule has 0 bridgehead atoms. The monoisotopic (exact) mass is 304 g/mol. The molecule has 0 unspecified atom stereocenters. The summed E-state index contributed by atoms with van der Waals surface area (Å²) < 4.78 is 5.77. The minimum Gasteiger partial charge on any atom is -0.438 e. The van der Waals surface area contributed by atoms with E-state index in [1.807, 2.05) is 24.3 Å². The summed E-state index contributed by atoms with van der Waals surface area (Å²) in [4.78, 5) is 4.31. The van der Waals surface area contributed by atoms with E-state index >= 15 is 0 Å². The molecular weight excluding hydrogens is 284 g/mol. The van der Waals surface area contributed by atoms with Crippen molar-refractivity contribution in [3.05, 3.63) is 52.7 Å². The first-order valence-corrected chi connectivity index (χ1v) is 7.61. The molecule has 0 fully saturated rings. The Morgan fingerprint density at radius 3 is 2.71 bits per heavy atom. The number of benzene rings is 1. The van der Waals surface area contributed by atoms with Gasteiger partial charge in [0.2, 0.25) is 5.88 Å². The second-order valence-corrected chi connectivity index (χ2v) is 5.68. The number of hydrogen-bond donors (Lipinski definition) is 1. The molecule has 1 aromatic heterocycles. The fourth-order valence-corrected chi connectivity index (χ4v) is 2.13. The van der Waals surface area contributed by atoms with Crippen LogP contribution in [0, 0.1) is 0 Å². The van der Waals surface area contributed by atoms with Crippen LogP contribution in [0.3, 0.4) is 0 Å². The van der Waals surface area contributed by atoms with E-state index in [9.17, 15) is 0 Å². The molecule has 0 radical (unpaired) electrons. The average molecular weight is 305 g/mol. The van der Waals surface area contributed by atoms with Crippen LogP contribution in [-0.4, -0.2) is 11.0 Å². The predicted molar refractivity (Wildman–Crippen MR) is 87.1 cm³/mol. The van der Waals surface area contributed by atoms with Gasteiger partial charge in [-0.3, -0.25) is 0 Å². The van der Waals surface area contributed by atoms with Crippen molar-refractivity contribution >= 4 is 11.6 Å². The Morgan fingerprint density at radius 2 is 2.05 bits per heavy atom. The topological polar surface area (TPSA) is 34.1 Å². The molecule has 0 aliphatic rings. The Bertz CT molecular complexity index is 599. The number of hydrogen-bond acceptors (Lipinski definition) is 3. The van der Waals surface area contributed by atoms with Gasteiger partial charge in [-0.05, 0) is 35.7 Å². The Kier molecular flexibility index (Phi) is 5.59. The Balaban J connectivity index is 2.09. The van der Waals surface area contributed by atoms with Crippen LogP contribution in [0.4, 0.5) is 0 Å². The summed E-state index contributed by atoms with van der Waals surface area (Å²) >= 11 is 6.25. The normalized spacial score (nSPS) is 10.9. The molecule has 1 N–H and O–H groups in total. The summed E-state index contributed by atoms with van der Waals surface area (Å²) in [6, 6.07) is 10.3. The molecule has 0 aliphatic carbocycles. The van der Waals surface area contributed by atoms with E-state index in [1.54, 1.807) is 6.20 Å². The Morgan fingerprint density at radius 1 is 1.24 bits per heavy atom. The summed E-state index contributed by atoms with van der Waals surface area (Å²) in [5.41, 5.74) is 2.27. The van der Waals surface area contributed by atoms with Crippen molar-refractivity contribution in [3.63, 3.8) is 0 Å². The SMILES string of the molecule is CCc1cccc(Oc2ncc(CNC(C)C)cc2Cl)c1. The third-order valence-electron chi connectivity index (χ3n) is 3.10. The van der Waals surface area contributed by atoms with Crippen LogP contribution in [0.15, 0.2) is 36.5 Å². The second kappa shape index (κ2) is 7.43. The van der Waals surface area contributed by atoms with Gasteiger partial charge in [0, 0.05) is 18.8 Å². The van der Waals surface area contributed by atoms with Gasteiger partial charge in [-0.1, -0.05) is 44.5 Å². The van der Waals surface area contributed by atoms with E-state index in [4.69, 9.17) is 16.3 Å². The van der Waals surface area contributed by atoms with Crippen molar-refractivity contribution in [2.45, 2.75) is 39.8 Å². The molecule has 0 spiro atoms. The van der Waals surface area contributed by atoms with E-state index < -0.39 is 0 Å². The third kappa shape index (κ3) is 4.73. The molecule has 1 heterocycles. The second-order valence-electron chi connectivity index (χ2n) is 5.27. The Labute approximate surface area is 131 Å². The highest BCUT2D eigenvalue weighted by Crippen LogP contribution is 2.28. The van der Waals surface area contributed by atoms with Crippen molar-refractivity contribution in [2.24, 2.45) is 0 Å². The van der Waals surface area contributed by atoms with E-state index in [-0.39, 0.29) is 0 Å². The molecule has 0 saturated carbocycles. The summed E-state index contributed by atoms with van der Waals surface area (Å²) in [6.07, 6.45) is 2.76. The molecule has 21 heavy (non-hydrogen) atoms. The number of rotatable bonds is 6. The lowest BCUT2D eigenvalue weighted by Gasteiger charge is -2.11. The zero-order valence-electron chi connectivity index (χ0n) is 12.7. The maximum absolute atomic E-state index is 6.25. The lowest BCUT2D eigenvalue weighted by Crippen LogP contribution is -2.21. The molecule has 3 nitrogen and oxygen atoms in total. The van der Waals surface area contributed by atoms with Gasteiger partial charge < -0.3 is 10.1 Å². The molecule has 2 rings (SSSR count). The lowest BCUT2D eigenvalue weighted by molar-refractivity contribution is 0.462. The summed E-state index contributed by atoms with van der Waals surface area (Å²) in [6.45, 7) is 7.07. The maximum Gasteiger partial charge on any atom is 0.238 e. The zero-order valence-corrected chi connectivity index (χ0v) is 13.4. The molecule has 0 aliphatic heterocycles. The largest absolute Gasteiger partial charge is 0.438 e. The standard InChI is InChI=1S/C17H21ClN2O/c1-4-13-6-5-7-15(8-13)21-17-16(18)9-14(11-20-17)10-19-12(2)3/h5-9,11-12,19H,4,10H2,1-3H3. The predicted octanol–water partition coefficient (Wildman–Crippen LogP) is 4.59. The number of aryl methyl sites for hydroxylation is 1. The van der Waals surface area contributed by atoms with Crippen molar-refractivity contribution in [1.29, 1.82) is 0 Å². The van der Waals surface area contributed by atoms with Gasteiger partial charge in [-0.15, -0.1) is 0 Å². The number of aromatic nitrogens is 1. The van der Waals surface area contributed by atoms with Crippen LogP contribution in [0.5, 0.6) is 11.6 Å². The minimum atomic E-state index is 0.427. The zero-order chi connectivity index (χ0) is 15.2. The fraction of sp³-hybridized carbons (Fsp3) is 0.353. The van der Waals surface area contributed by atoms with Gasteiger partial charge >= 0.3 is 0 Å². The van der Waals surface area contributed by atoms with Crippen LogP contribution in [0.25, 0.3) is 0 Å². The average Bonchev–Trinajstić information content (AvgIpc) is 2.48. The van der Waals surface area contributed by atoms with Gasteiger partial charge in [0.25, 0.3) is 0 Å². The fourth-order valence-electron chi connectivity index (χ4n) is 1.90. The quantitative estimate of drug-likeness (QED) is 0.847. The minimum absolute atomic E-state index is 0.427. The highest BCUT2D eigenvalue weighted by molar-refractivity contribution is 6.31. The number of halogens is 1. The molecule has 1 aromatic carbocycles. The maximum atomic E-state index is 6.25. The summed E-state index contributed by atoms with van der Waals surface area (Å²) in [5, 5.41) is 3.86. The number of nitrogens with one attached hydrogen (secondary N) is 1. The lowest BCUT2D eigenvalue weighted by atomic mass is 10.2.